The van der Waals surface area contributed by atoms with Crippen LogP contribution in [0.2, 0.25) is 0 Å². The molecule has 0 amide bonds. The summed E-state index contributed by atoms with van der Waals surface area (Å²) in [6.45, 7) is 0. The quantitative estimate of drug-likeness (QED) is 0.765. The smallest absolute Gasteiger partial charge is 0.244 e. The Morgan fingerprint density at radius 3 is 2.83 bits per heavy atom. The topological polar surface area (TPSA) is 38.7 Å². The van der Waals surface area contributed by atoms with Gasteiger partial charge in [0.2, 0.25) is 5.12 Å². The van der Waals surface area contributed by atoms with Gasteiger partial charge in [0.15, 0.2) is 0 Å². The molecule has 0 fully saturated rings. The lowest BCUT2D eigenvalue weighted by atomic mass is 10.2. The summed E-state index contributed by atoms with van der Waals surface area (Å²) in [5, 5.41) is -0.00806. The molecule has 2 rings (SSSR count). The predicted molar refractivity (Wildman–Crippen MR) is 82.2 cm³/mol. The Bertz CT molecular complexity index is 555. The summed E-state index contributed by atoms with van der Waals surface area (Å²) >= 11 is 6.07. The van der Waals surface area contributed by atoms with Gasteiger partial charge in [0, 0.05) is 0 Å². The van der Waals surface area contributed by atoms with Crippen molar-refractivity contribution >= 4 is 55.0 Å². The fraction of sp³-hybridized carbons (Fsp3) is 0.167. The van der Waals surface area contributed by atoms with Crippen molar-refractivity contribution in [3.05, 3.63) is 33.9 Å². The second-order valence-corrected chi connectivity index (χ2v) is 6.26. The Morgan fingerprint density at radius 1 is 1.50 bits per heavy atom. The zero-order chi connectivity index (χ0) is 13.1. The van der Waals surface area contributed by atoms with E-state index in [0.29, 0.717) is 5.70 Å². The molecule has 3 nitrogen and oxygen atoms in total. The number of hydrogen-bond donors (Lipinski definition) is 0. The molecule has 1 heterocycles. The number of aliphatic imine (C=N–C) groups is 1. The molecule has 0 unspecified atom stereocenters. The minimum Gasteiger partial charge on any atom is -0.496 e. The maximum Gasteiger partial charge on any atom is 0.244 e. The largest absolute Gasteiger partial charge is 0.496 e. The van der Waals surface area contributed by atoms with E-state index < -0.39 is 0 Å². The van der Waals surface area contributed by atoms with Crippen molar-refractivity contribution in [1.82, 2.24) is 0 Å². The number of benzene rings is 1. The van der Waals surface area contributed by atoms with Gasteiger partial charge in [-0.25, -0.2) is 4.99 Å². The summed E-state index contributed by atoms with van der Waals surface area (Å²) in [5.74, 6) is 0.762. The first kappa shape index (κ1) is 13.7. The average molecular weight is 344 g/mol. The lowest BCUT2D eigenvalue weighted by molar-refractivity contribution is -0.107. The molecule has 0 saturated carbocycles. The molecule has 1 aromatic carbocycles. The highest BCUT2D eigenvalue weighted by Crippen LogP contribution is 2.31. The molecule has 1 aliphatic heterocycles. The zero-order valence-electron chi connectivity index (χ0n) is 9.77. The Labute approximate surface area is 122 Å². The van der Waals surface area contributed by atoms with E-state index in [-0.39, 0.29) is 5.12 Å². The highest BCUT2D eigenvalue weighted by atomic mass is 79.9. The Balaban J connectivity index is 2.31. The van der Waals surface area contributed by atoms with Crippen molar-refractivity contribution < 1.29 is 9.53 Å². The first-order valence-corrected chi connectivity index (χ1v) is 7.87. The van der Waals surface area contributed by atoms with Crippen LogP contribution in [0, 0.1) is 0 Å². The lowest BCUT2D eigenvalue weighted by Gasteiger charge is -2.03. The summed E-state index contributed by atoms with van der Waals surface area (Å²) in [5.41, 5.74) is 1.40. The monoisotopic (exact) mass is 343 g/mol. The maximum atomic E-state index is 11.7. The summed E-state index contributed by atoms with van der Waals surface area (Å²) in [7, 11) is 1.62. The second-order valence-electron chi connectivity index (χ2n) is 3.39. The van der Waals surface area contributed by atoms with E-state index in [9.17, 15) is 4.79 Å². The van der Waals surface area contributed by atoms with Gasteiger partial charge in [-0.15, -0.1) is 11.8 Å². The number of ether oxygens (including phenoxy) is 1. The molecule has 94 valence electrons. The number of hydrogen-bond acceptors (Lipinski definition) is 5. The normalized spacial score (nSPS) is 17.2. The van der Waals surface area contributed by atoms with Crippen molar-refractivity contribution in [3.8, 4) is 5.75 Å². The van der Waals surface area contributed by atoms with Gasteiger partial charge in [0.25, 0.3) is 0 Å². The number of carbonyl (C=O) groups excluding carboxylic acids is 1. The van der Waals surface area contributed by atoms with Gasteiger partial charge in [0.1, 0.15) is 15.8 Å². The van der Waals surface area contributed by atoms with E-state index in [1.165, 1.54) is 23.5 Å². The SMILES string of the molecule is COc1ccc(/C=C2/N=C(SC)SC2=O)cc1Br. The van der Waals surface area contributed by atoms with Gasteiger partial charge >= 0.3 is 0 Å². The first-order valence-electron chi connectivity index (χ1n) is 5.04. The van der Waals surface area contributed by atoms with Crippen LogP contribution in [-0.4, -0.2) is 22.9 Å². The number of carbonyl (C=O) groups is 1. The summed E-state index contributed by atoms with van der Waals surface area (Å²) in [4.78, 5) is 15.9. The van der Waals surface area contributed by atoms with Gasteiger partial charge in [-0.05, 0) is 57.7 Å². The highest BCUT2D eigenvalue weighted by molar-refractivity contribution is 9.10. The second kappa shape index (κ2) is 5.95. The van der Waals surface area contributed by atoms with Crippen LogP contribution in [-0.2, 0) is 4.79 Å². The molecule has 0 atom stereocenters. The fourth-order valence-electron chi connectivity index (χ4n) is 1.41. The minimum absolute atomic E-state index is 0.00806. The zero-order valence-corrected chi connectivity index (χ0v) is 13.0. The molecule has 0 aromatic heterocycles. The molecule has 1 aliphatic rings. The molecule has 0 radical (unpaired) electrons. The van der Waals surface area contributed by atoms with Crippen molar-refractivity contribution in [3.63, 3.8) is 0 Å². The molecule has 18 heavy (non-hydrogen) atoms. The van der Waals surface area contributed by atoms with E-state index in [4.69, 9.17) is 4.74 Å². The third-order valence-electron chi connectivity index (χ3n) is 2.25. The van der Waals surface area contributed by atoms with Crippen LogP contribution in [0.4, 0.5) is 0 Å². The molecule has 0 saturated heterocycles. The van der Waals surface area contributed by atoms with E-state index in [1.54, 1.807) is 13.2 Å². The van der Waals surface area contributed by atoms with Crippen molar-refractivity contribution in [2.45, 2.75) is 0 Å². The molecule has 1 aromatic rings. The van der Waals surface area contributed by atoms with Crippen LogP contribution in [0.15, 0.2) is 33.4 Å². The van der Waals surface area contributed by atoms with Crippen LogP contribution >= 0.6 is 39.5 Å². The van der Waals surface area contributed by atoms with Crippen LogP contribution < -0.4 is 4.74 Å². The highest BCUT2D eigenvalue weighted by Gasteiger charge is 2.21. The molecular weight excluding hydrogens is 334 g/mol. The van der Waals surface area contributed by atoms with E-state index in [1.807, 2.05) is 24.5 Å². The molecule has 0 spiro atoms. The van der Waals surface area contributed by atoms with Crippen LogP contribution in [0.25, 0.3) is 6.08 Å². The molecule has 0 N–H and O–H groups in total. The van der Waals surface area contributed by atoms with Gasteiger partial charge in [-0.2, -0.15) is 0 Å². The first-order chi connectivity index (χ1) is 8.63. The molecular formula is C12H10BrNO2S2. The summed E-state index contributed by atoms with van der Waals surface area (Å²) in [6.07, 6.45) is 3.69. The van der Waals surface area contributed by atoms with Crippen LogP contribution in [0.5, 0.6) is 5.75 Å². The fourth-order valence-corrected chi connectivity index (χ4v) is 3.23. The molecule has 6 heteroatoms. The van der Waals surface area contributed by atoms with E-state index >= 15 is 0 Å². The van der Waals surface area contributed by atoms with Gasteiger partial charge in [-0.1, -0.05) is 6.07 Å². The average Bonchev–Trinajstić information content (AvgIpc) is 2.70. The molecule has 0 bridgehead atoms. The number of methoxy groups -OCH3 is 1. The van der Waals surface area contributed by atoms with Gasteiger partial charge in [-0.3, -0.25) is 4.79 Å². The Morgan fingerprint density at radius 2 is 2.28 bits per heavy atom. The van der Waals surface area contributed by atoms with Gasteiger partial charge in [0.05, 0.1) is 11.6 Å². The third kappa shape index (κ3) is 2.99. The lowest BCUT2D eigenvalue weighted by Crippen LogP contribution is -1.89. The number of nitrogens with zero attached hydrogens (tertiary/aromatic N) is 1. The van der Waals surface area contributed by atoms with Crippen molar-refractivity contribution in [2.24, 2.45) is 4.99 Å². The molecule has 0 aliphatic carbocycles. The van der Waals surface area contributed by atoms with Crippen LogP contribution in [0.1, 0.15) is 5.56 Å². The minimum atomic E-state index is -0.00806. The number of rotatable bonds is 2. The third-order valence-corrected chi connectivity index (χ3v) is 4.73. The van der Waals surface area contributed by atoms with E-state index in [0.717, 1.165) is 20.2 Å². The summed E-state index contributed by atoms with van der Waals surface area (Å²) in [6, 6.07) is 5.64. The predicted octanol–water partition coefficient (Wildman–Crippen LogP) is 3.79. The Hall–Kier alpha value is -0.720. The summed E-state index contributed by atoms with van der Waals surface area (Å²) < 4.78 is 6.80. The Kier molecular flexibility index (Phi) is 4.53. The standard InChI is InChI=1S/C12H10BrNO2S2/c1-16-10-4-3-7(5-8(10)13)6-9-11(15)18-12(14-9)17-2/h3-6H,1-2H3/b9-6+. The van der Waals surface area contributed by atoms with Crippen LogP contribution in [0.3, 0.4) is 0 Å². The number of halogens is 1. The van der Waals surface area contributed by atoms with Crippen molar-refractivity contribution in [2.75, 3.05) is 13.4 Å². The number of thioether (sulfide) groups is 2. The van der Waals surface area contributed by atoms with Crippen molar-refractivity contribution in [1.29, 1.82) is 0 Å². The van der Waals surface area contributed by atoms with E-state index in [2.05, 4.69) is 20.9 Å². The van der Waals surface area contributed by atoms with Gasteiger partial charge < -0.3 is 4.74 Å². The maximum absolute atomic E-state index is 11.7.